The SMILES string of the molecule is Nn1cnc2ncnc-2c1-c1ccccc1. The van der Waals surface area contributed by atoms with Gasteiger partial charge in [0.1, 0.15) is 24.0 Å². The molecule has 1 aromatic carbocycles. The van der Waals surface area contributed by atoms with Crippen LogP contribution in [-0.4, -0.2) is 19.6 Å². The molecule has 0 unspecified atom stereocenters. The van der Waals surface area contributed by atoms with Gasteiger partial charge in [0.25, 0.3) is 0 Å². The van der Waals surface area contributed by atoms with Gasteiger partial charge >= 0.3 is 0 Å². The third-order valence-electron chi connectivity index (χ3n) is 2.41. The summed E-state index contributed by atoms with van der Waals surface area (Å²) in [5.41, 5.74) is 2.54. The number of hydrogen-bond donors (Lipinski definition) is 1. The summed E-state index contributed by atoms with van der Waals surface area (Å²) in [7, 11) is 0. The molecule has 2 N–H and O–H groups in total. The smallest absolute Gasteiger partial charge is 0.183 e. The summed E-state index contributed by atoms with van der Waals surface area (Å²) in [5, 5.41) is 0. The third-order valence-corrected chi connectivity index (χ3v) is 2.41. The second-order valence-corrected chi connectivity index (χ2v) is 3.41. The van der Waals surface area contributed by atoms with Crippen LogP contribution < -0.4 is 5.84 Å². The van der Waals surface area contributed by atoms with Crippen molar-refractivity contribution in [1.82, 2.24) is 19.6 Å². The van der Waals surface area contributed by atoms with Crippen molar-refractivity contribution >= 4 is 0 Å². The van der Waals surface area contributed by atoms with Gasteiger partial charge < -0.3 is 5.84 Å². The van der Waals surface area contributed by atoms with Crippen molar-refractivity contribution in [3.8, 4) is 22.8 Å². The van der Waals surface area contributed by atoms with E-state index in [4.69, 9.17) is 5.84 Å². The number of nitrogens with two attached hydrogens (primary N) is 1. The zero-order valence-corrected chi connectivity index (χ0v) is 8.41. The van der Waals surface area contributed by atoms with E-state index in [9.17, 15) is 0 Å². The topological polar surface area (TPSA) is 69.6 Å². The fourth-order valence-corrected chi connectivity index (χ4v) is 1.70. The van der Waals surface area contributed by atoms with Gasteiger partial charge in [-0.05, 0) is 0 Å². The molecule has 0 aromatic heterocycles. The number of hydrogen-bond acceptors (Lipinski definition) is 4. The number of aromatic nitrogens is 4. The molecule has 1 aromatic rings. The first-order chi connectivity index (χ1) is 7.86. The molecular formula is C11H9N5. The minimum absolute atomic E-state index is 0.612. The molecule has 2 aliphatic rings. The Bertz CT molecular complexity index is 587. The van der Waals surface area contributed by atoms with Gasteiger partial charge in [0.2, 0.25) is 0 Å². The molecule has 16 heavy (non-hydrogen) atoms. The minimum Gasteiger partial charge on any atom is -0.338 e. The van der Waals surface area contributed by atoms with Crippen LogP contribution >= 0.6 is 0 Å². The Labute approximate surface area is 91.9 Å². The molecule has 0 spiro atoms. The lowest BCUT2D eigenvalue weighted by atomic mass is 10.1. The number of fused-ring (bicyclic) bond motifs is 1. The molecule has 78 valence electrons. The molecule has 5 heteroatoms. The second-order valence-electron chi connectivity index (χ2n) is 3.41. The monoisotopic (exact) mass is 211 g/mol. The highest BCUT2D eigenvalue weighted by Crippen LogP contribution is 2.27. The van der Waals surface area contributed by atoms with Gasteiger partial charge in [-0.1, -0.05) is 30.3 Å². The van der Waals surface area contributed by atoms with E-state index in [1.165, 1.54) is 11.0 Å². The van der Waals surface area contributed by atoms with Crippen molar-refractivity contribution in [2.24, 2.45) is 0 Å². The Balaban J connectivity index is 2.32. The number of rotatable bonds is 1. The van der Waals surface area contributed by atoms with Crippen molar-refractivity contribution in [2.45, 2.75) is 0 Å². The summed E-state index contributed by atoms with van der Waals surface area (Å²) in [6.45, 7) is 0. The van der Waals surface area contributed by atoms with E-state index in [-0.39, 0.29) is 0 Å². The van der Waals surface area contributed by atoms with Crippen molar-refractivity contribution in [2.75, 3.05) is 5.84 Å². The van der Waals surface area contributed by atoms with Crippen LogP contribution in [-0.2, 0) is 0 Å². The molecule has 5 nitrogen and oxygen atoms in total. The Morgan fingerprint density at radius 1 is 1.00 bits per heavy atom. The summed E-state index contributed by atoms with van der Waals surface area (Å²) in [4.78, 5) is 12.3. The summed E-state index contributed by atoms with van der Waals surface area (Å²) in [6, 6.07) is 9.83. The molecule has 2 aliphatic heterocycles. The van der Waals surface area contributed by atoms with Crippen LogP contribution in [0.5, 0.6) is 0 Å². The highest BCUT2D eigenvalue weighted by Gasteiger charge is 2.16. The molecule has 0 radical (unpaired) electrons. The fraction of sp³-hybridized carbons (Fsp3) is 0. The lowest BCUT2D eigenvalue weighted by Crippen LogP contribution is -2.14. The van der Waals surface area contributed by atoms with E-state index in [0.717, 1.165) is 17.0 Å². The zero-order valence-electron chi connectivity index (χ0n) is 8.41. The Morgan fingerprint density at radius 2 is 1.81 bits per heavy atom. The van der Waals surface area contributed by atoms with Gasteiger partial charge in [-0.15, -0.1) is 0 Å². The van der Waals surface area contributed by atoms with E-state index in [0.29, 0.717) is 5.82 Å². The maximum atomic E-state index is 5.86. The van der Waals surface area contributed by atoms with Crippen molar-refractivity contribution in [3.63, 3.8) is 0 Å². The fourth-order valence-electron chi connectivity index (χ4n) is 1.70. The molecule has 0 saturated heterocycles. The van der Waals surface area contributed by atoms with E-state index >= 15 is 0 Å². The zero-order chi connectivity index (χ0) is 11.0. The van der Waals surface area contributed by atoms with Crippen molar-refractivity contribution in [3.05, 3.63) is 43.0 Å². The molecule has 0 aliphatic carbocycles. The molecular weight excluding hydrogens is 202 g/mol. The van der Waals surface area contributed by atoms with Crippen LogP contribution in [0.4, 0.5) is 0 Å². The predicted molar refractivity (Wildman–Crippen MR) is 60.0 cm³/mol. The van der Waals surface area contributed by atoms with Gasteiger partial charge in [-0.3, -0.25) is 0 Å². The van der Waals surface area contributed by atoms with Gasteiger partial charge in [-0.2, -0.15) is 0 Å². The molecule has 0 bridgehead atoms. The lowest BCUT2D eigenvalue weighted by Gasteiger charge is -2.10. The van der Waals surface area contributed by atoms with Gasteiger partial charge in [0, 0.05) is 5.56 Å². The molecule has 3 rings (SSSR count). The highest BCUT2D eigenvalue weighted by molar-refractivity contribution is 5.75. The van der Waals surface area contributed by atoms with Crippen molar-refractivity contribution < 1.29 is 0 Å². The quantitative estimate of drug-likeness (QED) is 0.613. The summed E-state index contributed by atoms with van der Waals surface area (Å²) >= 11 is 0. The van der Waals surface area contributed by atoms with Gasteiger partial charge in [-0.25, -0.2) is 19.6 Å². The van der Waals surface area contributed by atoms with E-state index < -0.39 is 0 Å². The number of nitrogens with zero attached hydrogens (tertiary/aromatic N) is 4. The van der Waals surface area contributed by atoms with E-state index in [2.05, 4.69) is 15.0 Å². The molecule has 0 fully saturated rings. The lowest BCUT2D eigenvalue weighted by molar-refractivity contribution is 0.935. The van der Waals surface area contributed by atoms with Crippen LogP contribution in [0.15, 0.2) is 43.0 Å². The summed E-state index contributed by atoms with van der Waals surface area (Å²) in [6.07, 6.45) is 3.03. The average Bonchev–Trinajstić information content (AvgIpc) is 2.78. The normalized spacial score (nSPS) is 10.8. The first-order valence-corrected chi connectivity index (χ1v) is 4.85. The van der Waals surface area contributed by atoms with Crippen LogP contribution in [0.3, 0.4) is 0 Å². The molecule has 2 heterocycles. The maximum absolute atomic E-state index is 5.86. The van der Waals surface area contributed by atoms with Gasteiger partial charge in [0.05, 0.1) is 0 Å². The highest BCUT2D eigenvalue weighted by atomic mass is 15.3. The molecule has 0 amide bonds. The first kappa shape index (κ1) is 8.84. The van der Waals surface area contributed by atoms with Crippen molar-refractivity contribution in [1.29, 1.82) is 0 Å². The van der Waals surface area contributed by atoms with Crippen LogP contribution in [0.2, 0.25) is 0 Å². The predicted octanol–water partition coefficient (Wildman–Crippen LogP) is 1.16. The summed E-state index contributed by atoms with van der Waals surface area (Å²) < 4.78 is 1.46. The summed E-state index contributed by atoms with van der Waals surface area (Å²) in [5.74, 6) is 6.48. The second kappa shape index (κ2) is 3.30. The standard InChI is InChI=1S/C11H9N5/c12-16-7-15-11-9(13-6-14-11)10(16)8-4-2-1-3-5-8/h1-7H,12H2. The van der Waals surface area contributed by atoms with E-state index in [1.807, 2.05) is 30.3 Å². The largest absolute Gasteiger partial charge is 0.338 e. The Hall–Kier alpha value is -2.43. The van der Waals surface area contributed by atoms with Crippen LogP contribution in [0.1, 0.15) is 0 Å². The first-order valence-electron chi connectivity index (χ1n) is 4.85. The minimum atomic E-state index is 0.612. The molecule has 0 atom stereocenters. The average molecular weight is 211 g/mol. The van der Waals surface area contributed by atoms with E-state index in [1.54, 1.807) is 6.33 Å². The van der Waals surface area contributed by atoms with Gasteiger partial charge in [0.15, 0.2) is 5.82 Å². The third kappa shape index (κ3) is 1.22. The maximum Gasteiger partial charge on any atom is 0.183 e. The number of benzene rings is 1. The number of nitrogen functional groups attached to an aromatic ring is 1. The van der Waals surface area contributed by atoms with Crippen LogP contribution in [0, 0.1) is 0 Å². The molecule has 0 saturated carbocycles. The number of imidazole rings is 1. The Kier molecular flexibility index (Phi) is 1.83. The Morgan fingerprint density at radius 3 is 2.62 bits per heavy atom. The van der Waals surface area contributed by atoms with Crippen LogP contribution in [0.25, 0.3) is 22.8 Å².